The fraction of sp³-hybridized carbons (Fsp3) is 0.684. The highest BCUT2D eigenvalue weighted by atomic mass is 35.5. The Morgan fingerprint density at radius 1 is 1.28 bits per heavy atom. The Labute approximate surface area is 156 Å². The summed E-state index contributed by atoms with van der Waals surface area (Å²) in [6.07, 6.45) is 5.60. The van der Waals surface area contributed by atoms with Crippen molar-refractivity contribution < 1.29 is 4.79 Å². The second kappa shape index (κ2) is 9.39. The van der Waals surface area contributed by atoms with E-state index in [1.807, 2.05) is 22.6 Å². The highest BCUT2D eigenvalue weighted by molar-refractivity contribution is 6.31. The molecule has 0 unspecified atom stereocenters. The van der Waals surface area contributed by atoms with Crippen LogP contribution in [0.1, 0.15) is 44.9 Å². The van der Waals surface area contributed by atoms with Crippen LogP contribution in [0.3, 0.4) is 0 Å². The number of rotatable bonds is 7. The summed E-state index contributed by atoms with van der Waals surface area (Å²) in [5.74, 6) is 0.720. The minimum atomic E-state index is 0.0565. The van der Waals surface area contributed by atoms with E-state index in [0.29, 0.717) is 11.1 Å². The second-order valence-corrected chi connectivity index (χ2v) is 7.58. The molecular weight excluding hydrogens is 336 g/mol. The maximum atomic E-state index is 12.5. The molecule has 0 spiro atoms. The molecule has 1 aliphatic rings. The fourth-order valence-corrected chi connectivity index (χ4v) is 3.46. The van der Waals surface area contributed by atoms with Gasteiger partial charge in [-0.05, 0) is 25.3 Å². The number of aryl methyl sites for hydroxylation is 2. The average Bonchev–Trinajstić information content (AvgIpc) is 2.84. The Bertz CT molecular complexity index is 601. The average molecular weight is 367 g/mol. The van der Waals surface area contributed by atoms with E-state index in [1.165, 1.54) is 0 Å². The molecule has 1 amide bonds. The zero-order valence-corrected chi connectivity index (χ0v) is 16.7. The third kappa shape index (κ3) is 5.58. The molecule has 0 aliphatic carbocycles. The number of carbonyl (C=O) groups is 1. The van der Waals surface area contributed by atoms with Gasteiger partial charge in [-0.15, -0.1) is 0 Å². The molecule has 2 rings (SSSR count). The van der Waals surface area contributed by atoms with Gasteiger partial charge in [0, 0.05) is 50.9 Å². The van der Waals surface area contributed by atoms with Crippen LogP contribution in [0.4, 0.5) is 0 Å². The van der Waals surface area contributed by atoms with Gasteiger partial charge in [0.2, 0.25) is 5.91 Å². The number of hydrogen-bond acceptors (Lipinski definition) is 3. The first-order valence-corrected chi connectivity index (χ1v) is 9.72. The van der Waals surface area contributed by atoms with Crippen LogP contribution in [0.5, 0.6) is 0 Å². The molecule has 0 aromatic carbocycles. The summed E-state index contributed by atoms with van der Waals surface area (Å²) in [6, 6.07) is 0. The zero-order valence-electron chi connectivity index (χ0n) is 16.0. The summed E-state index contributed by atoms with van der Waals surface area (Å²) in [7, 11) is 0. The van der Waals surface area contributed by atoms with Crippen molar-refractivity contribution in [2.75, 3.05) is 32.7 Å². The van der Waals surface area contributed by atoms with Gasteiger partial charge >= 0.3 is 0 Å². The van der Waals surface area contributed by atoms with Gasteiger partial charge < -0.3 is 4.90 Å². The van der Waals surface area contributed by atoms with E-state index in [-0.39, 0.29) is 5.91 Å². The molecule has 140 valence electrons. The van der Waals surface area contributed by atoms with Crippen LogP contribution in [-0.4, -0.2) is 58.2 Å². The first-order chi connectivity index (χ1) is 11.9. The minimum absolute atomic E-state index is 0.0565. The van der Waals surface area contributed by atoms with Gasteiger partial charge in [-0.25, -0.2) is 0 Å². The van der Waals surface area contributed by atoms with Gasteiger partial charge in [-0.2, -0.15) is 5.10 Å². The maximum absolute atomic E-state index is 12.5. The topological polar surface area (TPSA) is 41.4 Å². The summed E-state index contributed by atoms with van der Waals surface area (Å²) in [4.78, 5) is 16.8. The normalized spacial score (nSPS) is 16.3. The summed E-state index contributed by atoms with van der Waals surface area (Å²) in [5, 5.41) is 5.10. The molecule has 0 N–H and O–H groups in total. The van der Waals surface area contributed by atoms with Crippen molar-refractivity contribution in [3.8, 4) is 0 Å². The van der Waals surface area contributed by atoms with Gasteiger partial charge in [0.1, 0.15) is 5.15 Å². The highest BCUT2D eigenvalue weighted by Gasteiger charge is 2.20. The molecule has 1 aliphatic heterocycles. The molecular formula is C19H31ClN4O. The number of halogens is 1. The molecule has 1 fully saturated rings. The number of unbranched alkanes of at least 4 members (excludes halogenated alkanes) is 1. The maximum Gasteiger partial charge on any atom is 0.246 e. The van der Waals surface area contributed by atoms with E-state index in [0.717, 1.165) is 63.4 Å². The Balaban J connectivity index is 1.94. The van der Waals surface area contributed by atoms with Crippen molar-refractivity contribution in [1.82, 2.24) is 19.6 Å². The lowest BCUT2D eigenvalue weighted by molar-refractivity contribution is -0.127. The first-order valence-electron chi connectivity index (χ1n) is 9.34. The van der Waals surface area contributed by atoms with Crippen LogP contribution in [0.15, 0.2) is 6.08 Å². The molecule has 0 atom stereocenters. The van der Waals surface area contributed by atoms with E-state index in [1.54, 1.807) is 6.08 Å². The molecule has 2 heterocycles. The highest BCUT2D eigenvalue weighted by Crippen LogP contribution is 2.22. The summed E-state index contributed by atoms with van der Waals surface area (Å²) in [6.45, 7) is 13.9. The number of amides is 1. The molecule has 0 bridgehead atoms. The zero-order chi connectivity index (χ0) is 18.4. The van der Waals surface area contributed by atoms with Crippen molar-refractivity contribution in [1.29, 1.82) is 0 Å². The van der Waals surface area contributed by atoms with Crippen molar-refractivity contribution in [2.45, 2.75) is 47.1 Å². The van der Waals surface area contributed by atoms with Crippen molar-refractivity contribution >= 4 is 23.6 Å². The van der Waals surface area contributed by atoms with Crippen LogP contribution in [0.2, 0.25) is 5.15 Å². The summed E-state index contributed by atoms with van der Waals surface area (Å²) in [5.41, 5.74) is 1.72. The lowest BCUT2D eigenvalue weighted by atomic mass is 10.2. The van der Waals surface area contributed by atoms with Gasteiger partial charge in [-0.3, -0.25) is 14.4 Å². The lowest BCUT2D eigenvalue weighted by Gasteiger charge is -2.35. The van der Waals surface area contributed by atoms with Crippen LogP contribution in [0, 0.1) is 12.8 Å². The first kappa shape index (κ1) is 20.0. The van der Waals surface area contributed by atoms with Crippen LogP contribution in [-0.2, 0) is 11.3 Å². The van der Waals surface area contributed by atoms with Crippen LogP contribution in [0.25, 0.3) is 6.08 Å². The third-order valence-corrected chi connectivity index (χ3v) is 4.93. The van der Waals surface area contributed by atoms with Gasteiger partial charge in [0.25, 0.3) is 0 Å². The quantitative estimate of drug-likeness (QED) is 0.694. The fourth-order valence-electron chi connectivity index (χ4n) is 3.14. The van der Waals surface area contributed by atoms with Crippen LogP contribution >= 0.6 is 11.6 Å². The predicted molar refractivity (Wildman–Crippen MR) is 104 cm³/mol. The lowest BCUT2D eigenvalue weighted by Crippen LogP contribution is -2.49. The van der Waals surface area contributed by atoms with Gasteiger partial charge in [0.05, 0.1) is 5.69 Å². The van der Waals surface area contributed by atoms with E-state index < -0.39 is 0 Å². The third-order valence-electron chi connectivity index (χ3n) is 4.53. The van der Waals surface area contributed by atoms with E-state index in [9.17, 15) is 4.79 Å². The second-order valence-electron chi connectivity index (χ2n) is 7.22. The number of nitrogens with zero attached hydrogens (tertiary/aromatic N) is 4. The van der Waals surface area contributed by atoms with Gasteiger partial charge in [0.15, 0.2) is 0 Å². The molecule has 5 nitrogen and oxygen atoms in total. The Kier molecular flexibility index (Phi) is 7.51. The summed E-state index contributed by atoms with van der Waals surface area (Å²) < 4.78 is 1.83. The van der Waals surface area contributed by atoms with E-state index >= 15 is 0 Å². The molecule has 0 radical (unpaired) electrons. The molecule has 0 saturated carbocycles. The van der Waals surface area contributed by atoms with E-state index in [2.05, 4.69) is 30.8 Å². The van der Waals surface area contributed by atoms with Gasteiger partial charge in [-0.1, -0.05) is 38.8 Å². The SMILES string of the molecule is CCCCn1nc(C)c(/C=C/C(=O)N2CCN(CC(C)C)CC2)c1Cl. The molecule has 1 aromatic rings. The molecule has 6 heteroatoms. The minimum Gasteiger partial charge on any atom is -0.337 e. The summed E-state index contributed by atoms with van der Waals surface area (Å²) >= 11 is 6.42. The number of carbonyl (C=O) groups excluding carboxylic acids is 1. The van der Waals surface area contributed by atoms with Crippen LogP contribution < -0.4 is 0 Å². The van der Waals surface area contributed by atoms with Crippen molar-refractivity contribution in [3.63, 3.8) is 0 Å². The predicted octanol–water partition coefficient (Wildman–Crippen LogP) is 3.46. The molecule has 25 heavy (non-hydrogen) atoms. The molecule has 1 aromatic heterocycles. The largest absolute Gasteiger partial charge is 0.337 e. The smallest absolute Gasteiger partial charge is 0.246 e. The Hall–Kier alpha value is -1.33. The monoisotopic (exact) mass is 366 g/mol. The standard InChI is InChI=1S/C19H31ClN4O/c1-5-6-9-24-19(20)17(16(4)21-24)7-8-18(25)23-12-10-22(11-13-23)14-15(2)3/h7-8,15H,5-6,9-14H2,1-4H3/b8-7+. The Morgan fingerprint density at radius 3 is 2.56 bits per heavy atom. The Morgan fingerprint density at radius 2 is 1.96 bits per heavy atom. The van der Waals surface area contributed by atoms with Crippen molar-refractivity contribution in [3.05, 3.63) is 22.5 Å². The number of piperazine rings is 1. The molecule has 1 saturated heterocycles. The van der Waals surface area contributed by atoms with E-state index in [4.69, 9.17) is 11.6 Å². The number of aromatic nitrogens is 2. The van der Waals surface area contributed by atoms with Crippen molar-refractivity contribution in [2.24, 2.45) is 5.92 Å². The number of hydrogen-bond donors (Lipinski definition) is 0.